The molecule has 5 heteroatoms. The van der Waals surface area contributed by atoms with Gasteiger partial charge in [-0.2, -0.15) is 0 Å². The Bertz CT molecular complexity index is 2750. The molecule has 0 aliphatic carbocycles. The first-order valence-electron chi connectivity index (χ1n) is 16.6. The Morgan fingerprint density at radius 3 is 1.32 bits per heavy atom. The molecule has 4 aliphatic rings. The molecule has 13 rings (SSSR count). The average molecular weight is 591 g/mol. The Balaban J connectivity index is 1.29. The van der Waals surface area contributed by atoms with Crippen molar-refractivity contribution >= 4 is 96.0 Å². The molecule has 0 saturated carbocycles. The van der Waals surface area contributed by atoms with E-state index in [0.717, 1.165) is 0 Å². The average Bonchev–Trinajstić information content (AvgIpc) is 3.75. The van der Waals surface area contributed by atoms with Gasteiger partial charge in [-0.3, -0.25) is 0 Å². The number of rotatable bonds is 0. The molecule has 0 unspecified atom stereocenters. The maximum Gasteiger partial charge on any atom is 0.332 e. The van der Waals surface area contributed by atoms with Crippen molar-refractivity contribution in [2.24, 2.45) is 0 Å². The topological polar surface area (TPSA) is 13.1 Å². The largest absolute Gasteiger partial charge is 0.382 e. The van der Waals surface area contributed by atoms with Crippen molar-refractivity contribution in [2.45, 2.75) is 0 Å². The number of fused-ring (bicyclic) bond motifs is 12. The quantitative estimate of drug-likeness (QED) is 0.169. The molecule has 4 aliphatic heterocycles. The zero-order valence-electron chi connectivity index (χ0n) is 25.3. The Hall–Kier alpha value is -5.93. The van der Waals surface area contributed by atoms with Crippen molar-refractivity contribution < 1.29 is 0 Å². The van der Waals surface area contributed by atoms with Gasteiger partial charge < -0.3 is 13.9 Å². The second kappa shape index (κ2) is 7.71. The lowest BCUT2D eigenvalue weighted by Crippen LogP contribution is -2.64. The summed E-state index contributed by atoms with van der Waals surface area (Å²) >= 11 is 0. The van der Waals surface area contributed by atoms with Gasteiger partial charge in [0.15, 0.2) is 0 Å². The molecule has 0 N–H and O–H groups in total. The molecule has 6 heterocycles. The zero-order chi connectivity index (χ0) is 30.1. The Labute approximate surface area is 271 Å². The monoisotopic (exact) mass is 591 g/mol. The summed E-state index contributed by atoms with van der Waals surface area (Å²) in [5.41, 5.74) is 17.6. The third-order valence-corrected chi connectivity index (χ3v) is 11.6. The number of para-hydroxylation sites is 2. The highest BCUT2D eigenvalue weighted by Gasteiger charge is 2.50. The molecule has 0 radical (unpaired) electrons. The van der Waals surface area contributed by atoms with Crippen LogP contribution in [0.15, 0.2) is 140 Å². The van der Waals surface area contributed by atoms with Crippen LogP contribution in [-0.2, 0) is 0 Å². The molecule has 3 nitrogen and oxygen atoms in total. The van der Waals surface area contributed by atoms with Crippen molar-refractivity contribution in [3.63, 3.8) is 0 Å². The summed E-state index contributed by atoms with van der Waals surface area (Å²) in [5, 5.41) is 7.72. The molecule has 0 fully saturated rings. The van der Waals surface area contributed by atoms with Gasteiger partial charge in [-0.1, -0.05) is 97.1 Å². The van der Waals surface area contributed by atoms with E-state index in [1.54, 1.807) is 0 Å². The van der Waals surface area contributed by atoms with Crippen LogP contribution in [-0.4, -0.2) is 22.7 Å². The maximum absolute atomic E-state index is 2.65. The lowest BCUT2D eigenvalue weighted by atomic mass is 9.39. The number of aromatic nitrogens is 2. The molecule has 9 aromatic rings. The lowest BCUT2D eigenvalue weighted by Gasteiger charge is -2.47. The summed E-state index contributed by atoms with van der Waals surface area (Å²) in [5.74, 6) is 0. The first-order valence-corrected chi connectivity index (χ1v) is 16.6. The normalized spacial score (nSPS) is 14.3. The molecule has 212 valence electrons. The second-order valence-electron chi connectivity index (χ2n) is 13.7. The standard InChI is InChI=1S/C42H23B2N3/c1-3-9-28-21-36-34(19-26(28)7-1)43-38-32(30-13-5-11-24-15-17-45(43)40(24)30)23-33-31-14-6-12-25-16-18-46(41(25)31)44-35-20-27-8-2-4-10-29(27)22-37(35)47(36)42(38)39(33)44/h1-23H. The van der Waals surface area contributed by atoms with Crippen molar-refractivity contribution in [3.05, 3.63) is 140 Å². The minimum Gasteiger partial charge on any atom is -0.382 e. The third-order valence-electron chi connectivity index (χ3n) is 11.6. The van der Waals surface area contributed by atoms with Gasteiger partial charge in [-0.05, 0) is 108 Å². The first-order chi connectivity index (χ1) is 23.3. The van der Waals surface area contributed by atoms with E-state index in [2.05, 4.69) is 154 Å². The van der Waals surface area contributed by atoms with Crippen LogP contribution in [0, 0.1) is 0 Å². The minimum absolute atomic E-state index is 0.0815. The van der Waals surface area contributed by atoms with Crippen LogP contribution in [0.3, 0.4) is 0 Å². The predicted octanol–water partition coefficient (Wildman–Crippen LogP) is 7.27. The Morgan fingerprint density at radius 2 is 0.830 bits per heavy atom. The molecule has 0 bridgehead atoms. The van der Waals surface area contributed by atoms with E-state index in [1.807, 2.05) is 0 Å². The van der Waals surface area contributed by atoms with E-state index < -0.39 is 0 Å². The molecule has 47 heavy (non-hydrogen) atoms. The smallest absolute Gasteiger partial charge is 0.332 e. The highest BCUT2D eigenvalue weighted by Crippen LogP contribution is 2.48. The van der Waals surface area contributed by atoms with Crippen LogP contribution in [0.2, 0.25) is 0 Å². The van der Waals surface area contributed by atoms with Crippen LogP contribution in [0.4, 0.5) is 17.1 Å². The fourth-order valence-corrected chi connectivity index (χ4v) is 9.82. The predicted molar refractivity (Wildman–Crippen MR) is 199 cm³/mol. The van der Waals surface area contributed by atoms with E-state index in [9.17, 15) is 0 Å². The van der Waals surface area contributed by atoms with E-state index >= 15 is 0 Å². The fraction of sp³-hybridized carbons (Fsp3) is 0. The van der Waals surface area contributed by atoms with Crippen molar-refractivity contribution in [1.29, 1.82) is 0 Å². The first kappa shape index (κ1) is 23.4. The van der Waals surface area contributed by atoms with Crippen LogP contribution < -0.4 is 26.8 Å². The molecular weight excluding hydrogens is 568 g/mol. The van der Waals surface area contributed by atoms with Gasteiger partial charge in [0.05, 0.1) is 0 Å². The fourth-order valence-electron chi connectivity index (χ4n) is 9.82. The summed E-state index contributed by atoms with van der Waals surface area (Å²) in [7, 11) is 0. The van der Waals surface area contributed by atoms with Gasteiger partial charge in [0.25, 0.3) is 0 Å². The third kappa shape index (κ3) is 2.58. The van der Waals surface area contributed by atoms with Gasteiger partial charge in [0.2, 0.25) is 0 Å². The number of hydrogen-bond donors (Lipinski definition) is 0. The van der Waals surface area contributed by atoms with Crippen LogP contribution >= 0.6 is 0 Å². The van der Waals surface area contributed by atoms with Gasteiger partial charge in [-0.25, -0.2) is 0 Å². The summed E-state index contributed by atoms with van der Waals surface area (Å²) in [6.07, 6.45) is 4.66. The number of anilines is 3. The Kier molecular flexibility index (Phi) is 3.84. The van der Waals surface area contributed by atoms with Gasteiger partial charge in [0, 0.05) is 39.2 Å². The highest BCUT2D eigenvalue weighted by atomic mass is 15.2. The molecule has 0 amide bonds. The molecular formula is C42H23B2N3. The second-order valence-corrected chi connectivity index (χ2v) is 13.7. The summed E-state index contributed by atoms with van der Waals surface area (Å²) < 4.78 is 5.13. The molecule has 7 aromatic carbocycles. The molecule has 0 atom stereocenters. The minimum atomic E-state index is 0.0815. The zero-order valence-corrected chi connectivity index (χ0v) is 25.3. The molecule has 0 spiro atoms. The van der Waals surface area contributed by atoms with Gasteiger partial charge >= 0.3 is 13.7 Å². The summed E-state index contributed by atoms with van der Waals surface area (Å²) in [6, 6.07) is 48.4. The summed E-state index contributed by atoms with van der Waals surface area (Å²) in [6.45, 7) is 0.163. The van der Waals surface area contributed by atoms with E-state index in [0.29, 0.717) is 0 Å². The summed E-state index contributed by atoms with van der Waals surface area (Å²) in [4.78, 5) is 2.65. The number of hydrogen-bond acceptors (Lipinski definition) is 1. The maximum atomic E-state index is 2.65. The number of nitrogens with zero attached hydrogens (tertiary/aromatic N) is 3. The van der Waals surface area contributed by atoms with Crippen molar-refractivity contribution in [3.8, 4) is 22.3 Å². The number of benzene rings is 7. The highest BCUT2D eigenvalue weighted by molar-refractivity contribution is 6.94. The van der Waals surface area contributed by atoms with E-state index in [-0.39, 0.29) is 13.7 Å². The van der Waals surface area contributed by atoms with E-state index in [1.165, 1.54) is 105 Å². The van der Waals surface area contributed by atoms with Crippen molar-refractivity contribution in [1.82, 2.24) is 8.96 Å². The Morgan fingerprint density at radius 1 is 0.383 bits per heavy atom. The lowest BCUT2D eigenvalue weighted by molar-refractivity contribution is 1.21. The van der Waals surface area contributed by atoms with Crippen LogP contribution in [0.5, 0.6) is 0 Å². The van der Waals surface area contributed by atoms with E-state index in [4.69, 9.17) is 0 Å². The van der Waals surface area contributed by atoms with Crippen LogP contribution in [0.1, 0.15) is 0 Å². The molecule has 2 aromatic heterocycles. The van der Waals surface area contributed by atoms with Gasteiger partial charge in [-0.15, -0.1) is 0 Å². The molecule has 0 saturated heterocycles. The van der Waals surface area contributed by atoms with Crippen LogP contribution in [0.25, 0.3) is 65.6 Å². The van der Waals surface area contributed by atoms with Gasteiger partial charge in [0.1, 0.15) is 0 Å². The van der Waals surface area contributed by atoms with Crippen molar-refractivity contribution in [2.75, 3.05) is 4.90 Å². The SMILES string of the molecule is c1ccc2cc3c(cc2c1)B1c2c(cc4c5c2N3c2cc3ccccc3cc2B5n2ccc3cccc-4c32)-c2cccc3ccn1c23.